The Kier molecular flexibility index (Phi) is 4.41. The highest BCUT2D eigenvalue weighted by molar-refractivity contribution is 5.94. The van der Waals surface area contributed by atoms with Gasteiger partial charge in [-0.25, -0.2) is 4.79 Å². The van der Waals surface area contributed by atoms with Crippen molar-refractivity contribution in [3.8, 4) is 0 Å². The molecule has 1 amide bonds. The van der Waals surface area contributed by atoms with Crippen molar-refractivity contribution in [3.05, 3.63) is 30.1 Å². The fourth-order valence-electron chi connectivity index (χ4n) is 1.83. The van der Waals surface area contributed by atoms with E-state index >= 15 is 0 Å². The molecule has 114 valence electrons. The first-order valence-corrected chi connectivity index (χ1v) is 6.11. The number of pyridine rings is 1. The minimum absolute atomic E-state index is 0.0264. The molecule has 6 nitrogen and oxygen atoms in total. The molecule has 0 N–H and O–H groups in total. The lowest BCUT2D eigenvalue weighted by Gasteiger charge is -2.33. The van der Waals surface area contributed by atoms with Crippen LogP contribution in [0.15, 0.2) is 24.5 Å². The number of hydrogen-bond donors (Lipinski definition) is 0. The number of hydrogen-bond acceptors (Lipinski definition) is 5. The normalized spacial score (nSPS) is 16.6. The van der Waals surface area contributed by atoms with Gasteiger partial charge in [0.15, 0.2) is 0 Å². The quantitative estimate of drug-likeness (QED) is 0.811. The molecule has 0 atom stereocenters. The number of aromatic nitrogens is 1. The summed E-state index contributed by atoms with van der Waals surface area (Å²) in [4.78, 5) is 32.3. The monoisotopic (exact) mass is 303 g/mol. The zero-order valence-corrected chi connectivity index (χ0v) is 10.8. The van der Waals surface area contributed by atoms with Gasteiger partial charge in [-0.3, -0.25) is 9.78 Å². The summed E-state index contributed by atoms with van der Waals surface area (Å²) < 4.78 is 36.2. The van der Waals surface area contributed by atoms with Crippen LogP contribution in [0.5, 0.6) is 0 Å². The van der Waals surface area contributed by atoms with Crippen molar-refractivity contribution in [1.82, 2.24) is 14.9 Å². The summed E-state index contributed by atoms with van der Waals surface area (Å²) in [6.07, 6.45) is -2.06. The molecule has 0 aliphatic carbocycles. The highest BCUT2D eigenvalue weighted by Gasteiger charge is 2.43. The smallest absolute Gasteiger partial charge is 0.361 e. The van der Waals surface area contributed by atoms with Crippen LogP contribution in [-0.4, -0.2) is 59.2 Å². The van der Waals surface area contributed by atoms with Crippen LogP contribution in [-0.2, 0) is 9.63 Å². The molecule has 1 aromatic heterocycles. The fraction of sp³-hybridized carbons (Fsp3) is 0.417. The van der Waals surface area contributed by atoms with Gasteiger partial charge in [-0.2, -0.15) is 13.2 Å². The van der Waals surface area contributed by atoms with E-state index in [4.69, 9.17) is 0 Å². The van der Waals surface area contributed by atoms with Gasteiger partial charge in [0.2, 0.25) is 0 Å². The predicted octanol–water partition coefficient (Wildman–Crippen LogP) is 0.860. The van der Waals surface area contributed by atoms with Crippen LogP contribution in [0.1, 0.15) is 10.4 Å². The van der Waals surface area contributed by atoms with Crippen LogP contribution in [0.3, 0.4) is 0 Å². The Morgan fingerprint density at radius 1 is 1.10 bits per heavy atom. The van der Waals surface area contributed by atoms with E-state index in [-0.39, 0.29) is 32.1 Å². The van der Waals surface area contributed by atoms with Crippen molar-refractivity contribution < 1.29 is 27.6 Å². The van der Waals surface area contributed by atoms with Crippen LogP contribution >= 0.6 is 0 Å². The number of piperazine rings is 1. The third-order valence-corrected chi connectivity index (χ3v) is 2.90. The molecule has 2 heterocycles. The van der Waals surface area contributed by atoms with Gasteiger partial charge in [-0.05, 0) is 12.1 Å². The molecule has 21 heavy (non-hydrogen) atoms. The van der Waals surface area contributed by atoms with Crippen LogP contribution in [0, 0.1) is 0 Å². The van der Waals surface area contributed by atoms with E-state index in [1.165, 1.54) is 17.3 Å². The number of alkyl halides is 3. The molecule has 0 saturated carbocycles. The molecule has 1 aliphatic rings. The Bertz CT molecular complexity index is 513. The average molecular weight is 303 g/mol. The minimum atomic E-state index is -5.02. The Morgan fingerprint density at radius 3 is 2.19 bits per heavy atom. The average Bonchev–Trinajstić information content (AvgIpc) is 2.47. The van der Waals surface area contributed by atoms with Crippen molar-refractivity contribution in [3.63, 3.8) is 0 Å². The number of carbonyl (C=O) groups excluding carboxylic acids is 2. The summed E-state index contributed by atoms with van der Waals surface area (Å²) in [5.74, 6) is -2.49. The Labute approximate surface area is 118 Å². The van der Waals surface area contributed by atoms with Crippen molar-refractivity contribution in [2.45, 2.75) is 6.18 Å². The number of rotatable bonds is 2. The van der Waals surface area contributed by atoms with Gasteiger partial charge in [0.05, 0.1) is 13.1 Å². The number of hydroxylamine groups is 2. The van der Waals surface area contributed by atoms with E-state index in [0.29, 0.717) is 5.56 Å². The third-order valence-electron chi connectivity index (χ3n) is 2.90. The molecule has 0 spiro atoms. The number of carbonyl (C=O) groups is 2. The fourth-order valence-corrected chi connectivity index (χ4v) is 1.83. The molecule has 1 aromatic rings. The molecular formula is C12H12F3N3O3. The summed E-state index contributed by atoms with van der Waals surface area (Å²) >= 11 is 0. The van der Waals surface area contributed by atoms with Crippen LogP contribution in [0.4, 0.5) is 13.2 Å². The summed E-state index contributed by atoms with van der Waals surface area (Å²) in [6, 6.07) is 3.11. The molecule has 1 saturated heterocycles. The summed E-state index contributed by atoms with van der Waals surface area (Å²) in [7, 11) is 0. The molecule has 2 rings (SSSR count). The van der Waals surface area contributed by atoms with E-state index in [9.17, 15) is 22.8 Å². The lowest BCUT2D eigenvalue weighted by atomic mass is 10.2. The van der Waals surface area contributed by atoms with E-state index < -0.39 is 12.1 Å². The van der Waals surface area contributed by atoms with Crippen molar-refractivity contribution in [2.75, 3.05) is 26.2 Å². The molecule has 0 unspecified atom stereocenters. The lowest BCUT2D eigenvalue weighted by molar-refractivity contribution is -0.241. The lowest BCUT2D eigenvalue weighted by Crippen LogP contribution is -2.50. The first kappa shape index (κ1) is 15.2. The molecule has 1 fully saturated rings. The van der Waals surface area contributed by atoms with Gasteiger partial charge in [0.25, 0.3) is 5.91 Å². The van der Waals surface area contributed by atoms with Crippen LogP contribution in [0.2, 0.25) is 0 Å². The van der Waals surface area contributed by atoms with E-state index in [2.05, 4.69) is 9.82 Å². The second-order valence-corrected chi connectivity index (χ2v) is 4.33. The molecule has 0 bridgehead atoms. The SMILES string of the molecule is O=C(c1ccncc1)N1CCN(OC(=O)C(F)(F)F)CC1. The number of nitrogens with zero attached hydrogens (tertiary/aromatic N) is 3. The molecule has 0 aromatic carbocycles. The third kappa shape index (κ3) is 3.91. The molecule has 0 radical (unpaired) electrons. The van der Waals surface area contributed by atoms with Gasteiger partial charge in [-0.15, -0.1) is 5.06 Å². The molecule has 9 heteroatoms. The maximum absolute atomic E-state index is 12.1. The summed E-state index contributed by atoms with van der Waals surface area (Å²) in [6.45, 7) is 0.399. The van der Waals surface area contributed by atoms with Crippen molar-refractivity contribution in [2.24, 2.45) is 0 Å². The zero-order chi connectivity index (χ0) is 15.5. The second kappa shape index (κ2) is 6.08. The van der Waals surface area contributed by atoms with Crippen molar-refractivity contribution >= 4 is 11.9 Å². The highest BCUT2D eigenvalue weighted by Crippen LogP contribution is 2.18. The van der Waals surface area contributed by atoms with Crippen LogP contribution in [0.25, 0.3) is 0 Å². The van der Waals surface area contributed by atoms with E-state index in [1.54, 1.807) is 12.1 Å². The van der Waals surface area contributed by atoms with E-state index in [1.807, 2.05) is 0 Å². The first-order valence-electron chi connectivity index (χ1n) is 6.11. The summed E-state index contributed by atoms with van der Waals surface area (Å²) in [5.41, 5.74) is 0.450. The van der Waals surface area contributed by atoms with Gasteiger partial charge in [0, 0.05) is 31.0 Å². The predicted molar refractivity (Wildman–Crippen MR) is 63.9 cm³/mol. The second-order valence-electron chi connectivity index (χ2n) is 4.33. The minimum Gasteiger partial charge on any atom is -0.361 e. The highest BCUT2D eigenvalue weighted by atomic mass is 19.4. The van der Waals surface area contributed by atoms with Crippen LogP contribution < -0.4 is 0 Å². The number of amides is 1. The first-order chi connectivity index (χ1) is 9.88. The van der Waals surface area contributed by atoms with Crippen molar-refractivity contribution in [1.29, 1.82) is 0 Å². The van der Waals surface area contributed by atoms with Gasteiger partial charge in [0.1, 0.15) is 0 Å². The zero-order valence-electron chi connectivity index (χ0n) is 10.8. The van der Waals surface area contributed by atoms with Gasteiger partial charge < -0.3 is 9.74 Å². The maximum atomic E-state index is 12.1. The number of halogens is 3. The van der Waals surface area contributed by atoms with Gasteiger partial charge in [-0.1, -0.05) is 0 Å². The Hall–Kier alpha value is -2.16. The molecular weight excluding hydrogens is 291 g/mol. The maximum Gasteiger partial charge on any atom is 0.492 e. The topological polar surface area (TPSA) is 62.7 Å². The largest absolute Gasteiger partial charge is 0.492 e. The Morgan fingerprint density at radius 2 is 1.67 bits per heavy atom. The summed E-state index contributed by atoms with van der Waals surface area (Å²) in [5, 5.41) is 0.909. The van der Waals surface area contributed by atoms with Gasteiger partial charge >= 0.3 is 12.1 Å². The van der Waals surface area contributed by atoms with E-state index in [0.717, 1.165) is 5.06 Å². The Balaban J connectivity index is 1.86. The standard InChI is InChI=1S/C12H12F3N3O3/c13-12(14,15)11(20)21-18-7-5-17(6-8-18)10(19)9-1-3-16-4-2-9/h1-4H,5-8H2. The molecule has 1 aliphatic heterocycles.